The van der Waals surface area contributed by atoms with E-state index < -0.39 is 23.3 Å². The van der Waals surface area contributed by atoms with Gasteiger partial charge in [0.1, 0.15) is 5.69 Å². The number of benzene rings is 2. The Hall–Kier alpha value is -2.72. The number of hydrogen-bond acceptors (Lipinski definition) is 5. The van der Waals surface area contributed by atoms with E-state index in [1.807, 2.05) is 19.2 Å². The summed E-state index contributed by atoms with van der Waals surface area (Å²) in [7, 11) is 3.32. The lowest BCUT2D eigenvalue weighted by molar-refractivity contribution is -0.140. The maximum Gasteiger partial charge on any atom is 0.419 e. The predicted molar refractivity (Wildman–Crippen MR) is 114 cm³/mol. The number of rotatable bonds is 4. The van der Waals surface area contributed by atoms with Crippen LogP contribution in [-0.2, 0) is 10.9 Å². The van der Waals surface area contributed by atoms with Crippen molar-refractivity contribution in [2.24, 2.45) is 0 Å². The van der Waals surface area contributed by atoms with E-state index in [1.165, 1.54) is 7.05 Å². The lowest BCUT2D eigenvalue weighted by Gasteiger charge is -2.33. The molecule has 1 aliphatic rings. The van der Waals surface area contributed by atoms with E-state index in [2.05, 4.69) is 15.3 Å². The summed E-state index contributed by atoms with van der Waals surface area (Å²) in [5, 5.41) is 17.4. The van der Waals surface area contributed by atoms with E-state index in [-0.39, 0.29) is 22.6 Å². The molecule has 1 saturated heterocycles. The zero-order valence-electron chi connectivity index (χ0n) is 17.3. The summed E-state index contributed by atoms with van der Waals surface area (Å²) in [6, 6.07) is 6.20. The third-order valence-electron chi connectivity index (χ3n) is 5.77. The van der Waals surface area contributed by atoms with Gasteiger partial charge >= 0.3 is 6.18 Å². The predicted octanol–water partition coefficient (Wildman–Crippen LogP) is 5.20. The van der Waals surface area contributed by atoms with Crippen molar-refractivity contribution < 1.29 is 27.4 Å². The Bertz CT molecular complexity index is 1160. The Morgan fingerprint density at radius 1 is 1.25 bits per heavy atom. The largest absolute Gasteiger partial charge is 0.503 e. The fourth-order valence-electron chi connectivity index (χ4n) is 4.01. The van der Waals surface area contributed by atoms with Crippen molar-refractivity contribution in [3.8, 4) is 11.4 Å². The summed E-state index contributed by atoms with van der Waals surface area (Å²) < 4.78 is 60.8. The van der Waals surface area contributed by atoms with Crippen molar-refractivity contribution in [1.82, 2.24) is 9.78 Å². The standard InChI is InChI=1S/C21H21ClF4N4O2/c1-27-18-16(10-14(21(24,25)26)17(23)19(18)31)30-15-4-3-12(9-13(15)20(22)28-30)29(2)11-5-7-32-8-6-11/h3-4,9-11,27,31H,5-8H2,1-2H3. The van der Waals surface area contributed by atoms with Crippen molar-refractivity contribution >= 4 is 33.9 Å². The monoisotopic (exact) mass is 472 g/mol. The molecular formula is C21H21ClF4N4O2. The topological polar surface area (TPSA) is 62.6 Å². The minimum Gasteiger partial charge on any atom is -0.503 e. The van der Waals surface area contributed by atoms with Gasteiger partial charge in [-0.15, -0.1) is 0 Å². The van der Waals surface area contributed by atoms with Crippen LogP contribution in [0.3, 0.4) is 0 Å². The summed E-state index contributed by atoms with van der Waals surface area (Å²) in [5.74, 6) is -2.90. The van der Waals surface area contributed by atoms with Gasteiger partial charge in [-0.25, -0.2) is 9.07 Å². The second-order valence-electron chi connectivity index (χ2n) is 7.59. The first-order chi connectivity index (χ1) is 15.1. The first kappa shape index (κ1) is 22.5. The quantitative estimate of drug-likeness (QED) is 0.404. The number of alkyl halides is 3. The molecule has 0 spiro atoms. The lowest BCUT2D eigenvalue weighted by Crippen LogP contribution is -2.36. The highest BCUT2D eigenvalue weighted by molar-refractivity contribution is 6.34. The molecule has 0 bridgehead atoms. The van der Waals surface area contributed by atoms with Crippen molar-refractivity contribution in [1.29, 1.82) is 0 Å². The number of nitrogens with one attached hydrogen (secondary N) is 1. The first-order valence-corrected chi connectivity index (χ1v) is 10.3. The molecule has 3 aromatic rings. The van der Waals surface area contributed by atoms with Crippen LogP contribution < -0.4 is 10.2 Å². The molecular weight excluding hydrogens is 452 g/mol. The smallest absolute Gasteiger partial charge is 0.419 e. The number of phenols is 1. The molecule has 0 unspecified atom stereocenters. The molecule has 4 rings (SSSR count). The van der Waals surface area contributed by atoms with Crippen LogP contribution in [0.5, 0.6) is 5.75 Å². The normalized spacial score (nSPS) is 15.3. The molecule has 0 aliphatic carbocycles. The van der Waals surface area contributed by atoms with Crippen molar-refractivity contribution in [2.45, 2.75) is 25.1 Å². The van der Waals surface area contributed by atoms with Crippen LogP contribution in [0.1, 0.15) is 18.4 Å². The van der Waals surface area contributed by atoms with Crippen LogP contribution in [0.2, 0.25) is 5.15 Å². The number of aromatic nitrogens is 2. The van der Waals surface area contributed by atoms with Gasteiger partial charge in [0, 0.05) is 44.4 Å². The van der Waals surface area contributed by atoms with Crippen LogP contribution in [0.15, 0.2) is 24.3 Å². The van der Waals surface area contributed by atoms with Gasteiger partial charge in [0.05, 0.1) is 16.8 Å². The third kappa shape index (κ3) is 3.81. The zero-order valence-corrected chi connectivity index (χ0v) is 18.1. The van der Waals surface area contributed by atoms with Crippen molar-refractivity contribution in [3.05, 3.63) is 40.8 Å². The molecule has 1 fully saturated rings. The van der Waals surface area contributed by atoms with E-state index in [9.17, 15) is 22.7 Å². The number of halogens is 5. The second-order valence-corrected chi connectivity index (χ2v) is 7.95. The Morgan fingerprint density at radius 2 is 1.94 bits per heavy atom. The Balaban J connectivity index is 1.85. The summed E-state index contributed by atoms with van der Waals surface area (Å²) in [6.45, 7) is 1.36. The van der Waals surface area contributed by atoms with Crippen LogP contribution >= 0.6 is 11.6 Å². The van der Waals surface area contributed by atoms with E-state index in [4.69, 9.17) is 16.3 Å². The number of aromatic hydroxyl groups is 1. The van der Waals surface area contributed by atoms with Crippen LogP contribution in [0, 0.1) is 5.82 Å². The van der Waals surface area contributed by atoms with Crippen LogP contribution in [0.25, 0.3) is 16.6 Å². The fraction of sp³-hybridized carbons (Fsp3) is 0.381. The highest BCUT2D eigenvalue weighted by Crippen LogP contribution is 2.43. The van der Waals surface area contributed by atoms with Gasteiger partial charge in [0.15, 0.2) is 16.7 Å². The molecule has 2 aromatic carbocycles. The number of nitrogens with zero attached hydrogens (tertiary/aromatic N) is 3. The molecule has 0 amide bonds. The summed E-state index contributed by atoms with van der Waals surface area (Å²) in [4.78, 5) is 2.11. The van der Waals surface area contributed by atoms with Crippen LogP contribution in [0.4, 0.5) is 28.9 Å². The van der Waals surface area contributed by atoms with Gasteiger partial charge in [-0.1, -0.05) is 11.6 Å². The minimum absolute atomic E-state index is 0.0710. The number of ether oxygens (including phenoxy) is 1. The molecule has 0 atom stereocenters. The van der Waals surface area contributed by atoms with Gasteiger partial charge in [0.2, 0.25) is 0 Å². The van der Waals surface area contributed by atoms with Gasteiger partial charge in [-0.2, -0.15) is 18.3 Å². The lowest BCUT2D eigenvalue weighted by atomic mass is 10.1. The third-order valence-corrected chi connectivity index (χ3v) is 6.05. The molecule has 172 valence electrons. The molecule has 32 heavy (non-hydrogen) atoms. The van der Waals surface area contributed by atoms with Gasteiger partial charge < -0.3 is 20.1 Å². The average Bonchev–Trinajstić information content (AvgIpc) is 3.10. The van der Waals surface area contributed by atoms with Gasteiger partial charge in [-0.3, -0.25) is 0 Å². The second kappa shape index (κ2) is 8.32. The molecule has 1 aromatic heterocycles. The maximum absolute atomic E-state index is 14.2. The highest BCUT2D eigenvalue weighted by atomic mass is 35.5. The Morgan fingerprint density at radius 3 is 2.56 bits per heavy atom. The number of hydrogen-bond donors (Lipinski definition) is 2. The molecule has 6 nitrogen and oxygen atoms in total. The number of anilines is 2. The summed E-state index contributed by atoms with van der Waals surface area (Å²) in [5.41, 5.74) is -0.729. The first-order valence-electron chi connectivity index (χ1n) is 9.93. The SMILES string of the molecule is CNc1c(-n2nc(Cl)c3cc(N(C)C4CCOCC4)ccc32)cc(C(F)(F)F)c(F)c1O. The number of phenolic OH excluding ortho intramolecular Hbond substituents is 1. The molecule has 11 heteroatoms. The Labute approximate surface area is 186 Å². The summed E-state index contributed by atoms with van der Waals surface area (Å²) in [6.07, 6.45) is -3.25. The molecule has 0 saturated carbocycles. The van der Waals surface area contributed by atoms with E-state index in [0.29, 0.717) is 30.2 Å². The molecule has 1 aliphatic heterocycles. The highest BCUT2D eigenvalue weighted by Gasteiger charge is 2.37. The molecule has 2 heterocycles. The summed E-state index contributed by atoms with van der Waals surface area (Å²) >= 11 is 6.34. The van der Waals surface area contributed by atoms with E-state index >= 15 is 0 Å². The maximum atomic E-state index is 14.2. The number of fused-ring (bicyclic) bond motifs is 1. The molecule has 2 N–H and O–H groups in total. The van der Waals surface area contributed by atoms with Crippen molar-refractivity contribution in [2.75, 3.05) is 37.5 Å². The zero-order chi connectivity index (χ0) is 23.2. The fourth-order valence-corrected chi connectivity index (χ4v) is 4.23. The average molecular weight is 473 g/mol. The van der Waals surface area contributed by atoms with E-state index in [0.717, 1.165) is 23.2 Å². The molecule has 0 radical (unpaired) electrons. The Kier molecular flexibility index (Phi) is 5.85. The van der Waals surface area contributed by atoms with Gasteiger partial charge in [0.25, 0.3) is 0 Å². The minimum atomic E-state index is -5.01. The van der Waals surface area contributed by atoms with E-state index in [1.54, 1.807) is 6.07 Å². The van der Waals surface area contributed by atoms with Crippen LogP contribution in [-0.4, -0.2) is 48.2 Å². The van der Waals surface area contributed by atoms with Crippen molar-refractivity contribution in [3.63, 3.8) is 0 Å². The van der Waals surface area contributed by atoms with Gasteiger partial charge in [-0.05, 0) is 37.1 Å².